The molecule has 1 aromatic rings. The fourth-order valence-corrected chi connectivity index (χ4v) is 1.59. The van der Waals surface area contributed by atoms with E-state index in [-0.39, 0.29) is 18.7 Å². The Morgan fingerprint density at radius 1 is 1.45 bits per heavy atom. The Balaban J connectivity index is 2.77. The first kappa shape index (κ1) is 16.3. The van der Waals surface area contributed by atoms with Crippen molar-refractivity contribution in [3.05, 3.63) is 23.8 Å². The van der Waals surface area contributed by atoms with Crippen molar-refractivity contribution in [1.29, 1.82) is 0 Å². The molecule has 0 saturated heterocycles. The minimum atomic E-state index is -0.738. The van der Waals surface area contributed by atoms with Gasteiger partial charge in [-0.05, 0) is 44.5 Å². The Morgan fingerprint density at radius 3 is 2.65 bits per heavy atom. The van der Waals surface area contributed by atoms with Gasteiger partial charge >= 0.3 is 6.09 Å². The number of nitrogens with one attached hydrogen (secondary N) is 1. The number of phenols is 1. The normalized spacial score (nSPS) is 12.8. The van der Waals surface area contributed by atoms with Gasteiger partial charge in [0.2, 0.25) is 0 Å². The van der Waals surface area contributed by atoms with Gasteiger partial charge in [0.05, 0.1) is 6.10 Å². The number of rotatable bonds is 4. The highest BCUT2D eigenvalue weighted by atomic mass is 16.6. The molecule has 1 rings (SSSR count). The Bertz CT molecular complexity index is 469. The van der Waals surface area contributed by atoms with Gasteiger partial charge < -0.3 is 20.7 Å². The van der Waals surface area contributed by atoms with Crippen LogP contribution in [0.2, 0.25) is 0 Å². The molecule has 0 aromatic heterocycles. The highest BCUT2D eigenvalue weighted by molar-refractivity contribution is 5.85. The monoisotopic (exact) mass is 282 g/mol. The number of phenolic OH excluding ortho intramolecular Hbond substituents is 1. The SMILES string of the molecule is CC(C)(C)OC(=O)Nc1ccc(O)c(CC(O)CN)c1. The number of nitrogens with two attached hydrogens (primary N) is 1. The number of carbonyl (C=O) groups excluding carboxylic acids is 1. The summed E-state index contributed by atoms with van der Waals surface area (Å²) in [5.74, 6) is 0.0484. The number of hydrogen-bond donors (Lipinski definition) is 4. The first-order valence-electron chi connectivity index (χ1n) is 6.41. The predicted molar refractivity (Wildman–Crippen MR) is 76.7 cm³/mol. The molecule has 0 heterocycles. The molecule has 1 unspecified atom stereocenters. The lowest BCUT2D eigenvalue weighted by molar-refractivity contribution is 0.0636. The molecule has 6 nitrogen and oxygen atoms in total. The molecule has 0 saturated carbocycles. The molecule has 20 heavy (non-hydrogen) atoms. The van der Waals surface area contributed by atoms with Crippen LogP contribution in [0.1, 0.15) is 26.3 Å². The first-order chi connectivity index (χ1) is 9.21. The van der Waals surface area contributed by atoms with Crippen molar-refractivity contribution >= 4 is 11.8 Å². The molecule has 0 radical (unpaired) electrons. The molecule has 1 aromatic carbocycles. The van der Waals surface area contributed by atoms with E-state index in [1.54, 1.807) is 32.9 Å². The van der Waals surface area contributed by atoms with Crippen molar-refractivity contribution in [3.63, 3.8) is 0 Å². The lowest BCUT2D eigenvalue weighted by atomic mass is 10.1. The summed E-state index contributed by atoms with van der Waals surface area (Å²) < 4.78 is 5.13. The van der Waals surface area contributed by atoms with Crippen LogP contribution in [0, 0.1) is 0 Å². The third-order valence-electron chi connectivity index (χ3n) is 2.45. The van der Waals surface area contributed by atoms with Gasteiger partial charge in [-0.25, -0.2) is 4.79 Å². The fraction of sp³-hybridized carbons (Fsp3) is 0.500. The van der Waals surface area contributed by atoms with Crippen LogP contribution in [0.4, 0.5) is 10.5 Å². The van der Waals surface area contributed by atoms with Crippen molar-refractivity contribution in [2.45, 2.75) is 38.9 Å². The summed E-state index contributed by atoms with van der Waals surface area (Å²) in [6.07, 6.45) is -1.10. The summed E-state index contributed by atoms with van der Waals surface area (Å²) in [5.41, 5.74) is 5.75. The minimum absolute atomic E-state index is 0.0484. The van der Waals surface area contributed by atoms with Crippen molar-refractivity contribution < 1.29 is 19.7 Å². The van der Waals surface area contributed by atoms with E-state index in [2.05, 4.69) is 5.32 Å². The number of ether oxygens (including phenoxy) is 1. The topological polar surface area (TPSA) is 105 Å². The number of aliphatic hydroxyl groups excluding tert-OH is 1. The van der Waals surface area contributed by atoms with Gasteiger partial charge in [0.1, 0.15) is 11.4 Å². The highest BCUT2D eigenvalue weighted by Gasteiger charge is 2.17. The molecular formula is C14H22N2O4. The van der Waals surface area contributed by atoms with Crippen molar-refractivity contribution in [1.82, 2.24) is 0 Å². The molecule has 0 spiro atoms. The number of benzene rings is 1. The number of hydrogen-bond acceptors (Lipinski definition) is 5. The summed E-state index contributed by atoms with van der Waals surface area (Å²) in [7, 11) is 0. The third kappa shape index (κ3) is 5.46. The number of aliphatic hydroxyl groups is 1. The van der Waals surface area contributed by atoms with E-state index in [4.69, 9.17) is 10.5 Å². The molecule has 0 aliphatic rings. The van der Waals surface area contributed by atoms with Gasteiger partial charge in [-0.15, -0.1) is 0 Å². The van der Waals surface area contributed by atoms with E-state index in [0.717, 1.165) is 0 Å². The van der Waals surface area contributed by atoms with Crippen molar-refractivity contribution in [2.24, 2.45) is 5.73 Å². The number of amides is 1. The zero-order valence-electron chi connectivity index (χ0n) is 12.0. The van der Waals surface area contributed by atoms with Crippen LogP contribution >= 0.6 is 0 Å². The van der Waals surface area contributed by atoms with Gasteiger partial charge in [-0.2, -0.15) is 0 Å². The molecule has 1 atom stereocenters. The summed E-state index contributed by atoms with van der Waals surface area (Å²) in [5, 5.41) is 21.8. The smallest absolute Gasteiger partial charge is 0.412 e. The van der Waals surface area contributed by atoms with E-state index < -0.39 is 17.8 Å². The zero-order chi connectivity index (χ0) is 15.3. The van der Waals surface area contributed by atoms with Crippen molar-refractivity contribution in [3.8, 4) is 5.75 Å². The van der Waals surface area contributed by atoms with E-state index in [9.17, 15) is 15.0 Å². The zero-order valence-corrected chi connectivity index (χ0v) is 12.0. The van der Waals surface area contributed by atoms with E-state index in [1.807, 2.05) is 0 Å². The predicted octanol–water partition coefficient (Wildman–Crippen LogP) is 1.60. The molecule has 0 bridgehead atoms. The van der Waals surface area contributed by atoms with Crippen LogP contribution < -0.4 is 11.1 Å². The van der Waals surface area contributed by atoms with E-state index in [0.29, 0.717) is 11.3 Å². The molecule has 0 aliphatic carbocycles. The first-order valence-corrected chi connectivity index (χ1v) is 6.41. The summed E-state index contributed by atoms with van der Waals surface area (Å²) >= 11 is 0. The van der Waals surface area contributed by atoms with Gasteiger partial charge in [-0.3, -0.25) is 5.32 Å². The van der Waals surface area contributed by atoms with Gasteiger partial charge in [-0.1, -0.05) is 0 Å². The Labute approximate surface area is 118 Å². The molecule has 0 fully saturated rings. The Morgan fingerprint density at radius 2 is 2.10 bits per heavy atom. The lowest BCUT2D eigenvalue weighted by Gasteiger charge is -2.20. The van der Waals surface area contributed by atoms with Crippen molar-refractivity contribution in [2.75, 3.05) is 11.9 Å². The Kier molecular flexibility index (Phi) is 5.35. The molecule has 5 N–H and O–H groups in total. The second-order valence-electron chi connectivity index (χ2n) is 5.56. The largest absolute Gasteiger partial charge is 0.508 e. The average molecular weight is 282 g/mol. The minimum Gasteiger partial charge on any atom is -0.508 e. The third-order valence-corrected chi connectivity index (χ3v) is 2.45. The molecular weight excluding hydrogens is 260 g/mol. The summed E-state index contributed by atoms with van der Waals surface area (Å²) in [6, 6.07) is 4.58. The van der Waals surface area contributed by atoms with Crippen LogP contribution in [-0.4, -0.2) is 34.6 Å². The molecule has 6 heteroatoms. The molecule has 112 valence electrons. The van der Waals surface area contributed by atoms with Crippen LogP contribution in [-0.2, 0) is 11.2 Å². The van der Waals surface area contributed by atoms with Crippen LogP contribution in [0.5, 0.6) is 5.75 Å². The molecule has 0 aliphatic heterocycles. The lowest BCUT2D eigenvalue weighted by Crippen LogP contribution is -2.27. The number of carbonyl (C=O) groups is 1. The number of aromatic hydroxyl groups is 1. The van der Waals surface area contributed by atoms with Gasteiger partial charge in [0.15, 0.2) is 0 Å². The number of anilines is 1. The van der Waals surface area contributed by atoms with Gasteiger partial charge in [0, 0.05) is 18.7 Å². The van der Waals surface area contributed by atoms with Crippen LogP contribution in [0.3, 0.4) is 0 Å². The summed E-state index contributed by atoms with van der Waals surface area (Å²) in [4.78, 5) is 11.6. The van der Waals surface area contributed by atoms with Crippen LogP contribution in [0.15, 0.2) is 18.2 Å². The maximum atomic E-state index is 11.6. The second kappa shape index (κ2) is 6.58. The maximum Gasteiger partial charge on any atom is 0.412 e. The van der Waals surface area contributed by atoms with E-state index >= 15 is 0 Å². The van der Waals surface area contributed by atoms with E-state index in [1.165, 1.54) is 6.07 Å². The standard InChI is InChI=1S/C14H22N2O4/c1-14(2,3)20-13(19)16-10-4-5-12(18)9(6-10)7-11(17)8-15/h4-6,11,17-18H,7-8,15H2,1-3H3,(H,16,19). The molecule has 1 amide bonds. The summed E-state index contributed by atoms with van der Waals surface area (Å²) in [6.45, 7) is 5.41. The van der Waals surface area contributed by atoms with Crippen LogP contribution in [0.25, 0.3) is 0 Å². The second-order valence-corrected chi connectivity index (χ2v) is 5.56. The fourth-order valence-electron chi connectivity index (χ4n) is 1.59. The quantitative estimate of drug-likeness (QED) is 0.628. The Hall–Kier alpha value is -1.79. The van der Waals surface area contributed by atoms with Gasteiger partial charge in [0.25, 0.3) is 0 Å². The average Bonchev–Trinajstić information content (AvgIpc) is 2.30. The maximum absolute atomic E-state index is 11.6. The highest BCUT2D eigenvalue weighted by Crippen LogP contribution is 2.23.